The number of anilines is 1. The molecule has 1 atom stereocenters. The van der Waals surface area contributed by atoms with Crippen LogP contribution in [0.3, 0.4) is 0 Å². The molecule has 1 aliphatic rings. The Bertz CT molecular complexity index is 785. The number of hydrogen-bond donors (Lipinski definition) is 2. The molecular weight excluding hydrogens is 326 g/mol. The van der Waals surface area contributed by atoms with Gasteiger partial charge in [-0.3, -0.25) is 14.2 Å². The van der Waals surface area contributed by atoms with E-state index >= 15 is 0 Å². The van der Waals surface area contributed by atoms with Gasteiger partial charge >= 0.3 is 0 Å². The molecule has 0 radical (unpaired) electrons. The van der Waals surface area contributed by atoms with Crippen LogP contribution in [0, 0.1) is 0 Å². The van der Waals surface area contributed by atoms with E-state index in [1.54, 1.807) is 6.92 Å². The Hall–Kier alpha value is -2.35. The second-order valence-electron chi connectivity index (χ2n) is 5.84. The molecule has 0 saturated heterocycles. The maximum Gasteiger partial charge on any atom is 0.230 e. The molecule has 7 nitrogen and oxygen atoms in total. The van der Waals surface area contributed by atoms with Crippen LogP contribution in [-0.2, 0) is 9.59 Å². The van der Waals surface area contributed by atoms with E-state index in [9.17, 15) is 9.59 Å². The van der Waals surface area contributed by atoms with Gasteiger partial charge < -0.3 is 11.1 Å². The van der Waals surface area contributed by atoms with Crippen molar-refractivity contribution in [3.63, 3.8) is 0 Å². The van der Waals surface area contributed by atoms with E-state index in [1.807, 2.05) is 28.8 Å². The van der Waals surface area contributed by atoms with E-state index in [4.69, 9.17) is 5.73 Å². The summed E-state index contributed by atoms with van der Waals surface area (Å²) in [5, 5.41) is 11.6. The lowest BCUT2D eigenvalue weighted by atomic mass is 10.2. The minimum Gasteiger partial charge on any atom is -0.369 e. The molecule has 8 heteroatoms. The summed E-state index contributed by atoms with van der Waals surface area (Å²) < 4.78 is 1.95. The molecule has 0 spiro atoms. The second-order valence-corrected chi connectivity index (χ2v) is 7.15. The summed E-state index contributed by atoms with van der Waals surface area (Å²) in [7, 11) is 0. The van der Waals surface area contributed by atoms with Crippen molar-refractivity contribution >= 4 is 29.3 Å². The molecule has 2 aromatic rings. The summed E-state index contributed by atoms with van der Waals surface area (Å²) in [5.41, 5.74) is 6.92. The largest absolute Gasteiger partial charge is 0.369 e. The van der Waals surface area contributed by atoms with Crippen molar-refractivity contribution in [2.75, 3.05) is 5.32 Å². The highest BCUT2D eigenvalue weighted by Gasteiger charge is 2.31. The predicted octanol–water partition coefficient (Wildman–Crippen LogP) is 2.07. The third kappa shape index (κ3) is 3.59. The summed E-state index contributed by atoms with van der Waals surface area (Å²) in [6, 6.07) is 7.49. The summed E-state index contributed by atoms with van der Waals surface area (Å²) in [6.07, 6.45) is 2.17. The van der Waals surface area contributed by atoms with Crippen molar-refractivity contribution in [2.45, 2.75) is 43.0 Å². The summed E-state index contributed by atoms with van der Waals surface area (Å²) in [5.74, 6) is 0.749. The van der Waals surface area contributed by atoms with Crippen LogP contribution in [0.4, 0.5) is 5.69 Å². The monoisotopic (exact) mass is 345 g/mol. The van der Waals surface area contributed by atoms with Gasteiger partial charge in [-0.1, -0.05) is 17.8 Å². The van der Waals surface area contributed by atoms with E-state index in [2.05, 4.69) is 15.5 Å². The normalized spacial score (nSPS) is 15.1. The fourth-order valence-corrected chi connectivity index (χ4v) is 3.17. The molecule has 1 unspecified atom stereocenters. The van der Waals surface area contributed by atoms with Crippen molar-refractivity contribution in [1.29, 1.82) is 0 Å². The first-order valence-corrected chi connectivity index (χ1v) is 8.63. The molecule has 126 valence electrons. The fourth-order valence-electron chi connectivity index (χ4n) is 2.35. The van der Waals surface area contributed by atoms with Crippen LogP contribution in [0.25, 0.3) is 5.69 Å². The maximum absolute atomic E-state index is 11.4. The zero-order chi connectivity index (χ0) is 17.3. The number of nitrogens with zero attached hydrogens (tertiary/aromatic N) is 3. The van der Waals surface area contributed by atoms with Crippen LogP contribution in [0.5, 0.6) is 0 Å². The van der Waals surface area contributed by atoms with Gasteiger partial charge in [-0.25, -0.2) is 0 Å². The lowest BCUT2D eigenvalue weighted by Gasteiger charge is -2.13. The lowest BCUT2D eigenvalue weighted by molar-refractivity contribution is -0.117. The molecule has 3 rings (SSSR count). The number of carbonyl (C=O) groups excluding carboxylic acids is 2. The second kappa shape index (κ2) is 6.64. The van der Waals surface area contributed by atoms with Crippen LogP contribution in [-0.4, -0.2) is 31.8 Å². The van der Waals surface area contributed by atoms with Gasteiger partial charge in [0.1, 0.15) is 5.82 Å². The van der Waals surface area contributed by atoms with Crippen LogP contribution in [0.2, 0.25) is 0 Å². The fraction of sp³-hybridized carbons (Fsp3) is 0.375. The lowest BCUT2D eigenvalue weighted by Crippen LogP contribution is -2.23. The van der Waals surface area contributed by atoms with Crippen molar-refractivity contribution < 1.29 is 9.59 Å². The summed E-state index contributed by atoms with van der Waals surface area (Å²) in [6.45, 7) is 3.22. The molecule has 1 aliphatic carbocycles. The highest BCUT2D eigenvalue weighted by Crippen LogP contribution is 2.41. The highest BCUT2D eigenvalue weighted by molar-refractivity contribution is 8.00. The van der Waals surface area contributed by atoms with Gasteiger partial charge in [0.25, 0.3) is 0 Å². The van der Waals surface area contributed by atoms with Crippen molar-refractivity contribution in [3.8, 4) is 5.69 Å². The van der Waals surface area contributed by atoms with Crippen molar-refractivity contribution in [1.82, 2.24) is 14.8 Å². The van der Waals surface area contributed by atoms with Crippen LogP contribution in [0.1, 0.15) is 38.4 Å². The van der Waals surface area contributed by atoms with Gasteiger partial charge in [0.05, 0.1) is 10.9 Å². The van der Waals surface area contributed by atoms with Crippen molar-refractivity contribution in [2.24, 2.45) is 5.73 Å². The first-order valence-electron chi connectivity index (χ1n) is 7.75. The van der Waals surface area contributed by atoms with Crippen LogP contribution >= 0.6 is 11.8 Å². The number of rotatable bonds is 6. The number of aromatic nitrogens is 3. The molecule has 1 heterocycles. The molecule has 3 N–H and O–H groups in total. The summed E-state index contributed by atoms with van der Waals surface area (Å²) in [4.78, 5) is 22.7. The Labute approximate surface area is 144 Å². The highest BCUT2D eigenvalue weighted by atomic mass is 32.2. The molecule has 1 fully saturated rings. The number of thioether (sulfide) groups is 1. The number of nitrogens with two attached hydrogens (primary N) is 1. The topological polar surface area (TPSA) is 103 Å². The van der Waals surface area contributed by atoms with E-state index < -0.39 is 11.2 Å². The number of hydrogen-bond acceptors (Lipinski definition) is 5. The zero-order valence-corrected chi connectivity index (χ0v) is 14.3. The molecule has 24 heavy (non-hydrogen) atoms. The number of carbonyl (C=O) groups is 2. The zero-order valence-electron chi connectivity index (χ0n) is 13.5. The molecule has 2 amide bonds. The first kappa shape index (κ1) is 16.5. The maximum atomic E-state index is 11.4. The molecular formula is C16H19N5O2S. The number of nitrogens with one attached hydrogen (secondary N) is 1. The Morgan fingerprint density at radius 1 is 1.38 bits per heavy atom. The first-order chi connectivity index (χ1) is 11.5. The van der Waals surface area contributed by atoms with Gasteiger partial charge in [0.15, 0.2) is 5.16 Å². The van der Waals surface area contributed by atoms with E-state index in [0.717, 1.165) is 24.4 Å². The molecule has 0 bridgehead atoms. The Morgan fingerprint density at radius 2 is 2.12 bits per heavy atom. The number of amides is 2. The Morgan fingerprint density at radius 3 is 2.75 bits per heavy atom. The quantitative estimate of drug-likeness (QED) is 0.780. The van der Waals surface area contributed by atoms with Gasteiger partial charge in [-0.2, -0.15) is 0 Å². The van der Waals surface area contributed by atoms with E-state index in [1.165, 1.54) is 18.7 Å². The standard InChI is InChI=1S/C16H19N5O2S/c1-9(14(17)23)24-16-20-19-15(11-6-7-11)21(16)13-5-3-4-12(8-13)18-10(2)22/h3-5,8-9,11H,6-7H2,1-2H3,(H2,17,23)(H,18,22). The van der Waals surface area contributed by atoms with E-state index in [-0.39, 0.29) is 5.91 Å². The minimum atomic E-state index is -0.404. The third-order valence-electron chi connectivity index (χ3n) is 3.71. The Balaban J connectivity index is 2.00. The van der Waals surface area contributed by atoms with E-state index in [0.29, 0.717) is 16.8 Å². The van der Waals surface area contributed by atoms with Gasteiger partial charge in [-0.15, -0.1) is 10.2 Å². The predicted molar refractivity (Wildman–Crippen MR) is 92.2 cm³/mol. The third-order valence-corrected chi connectivity index (χ3v) is 4.77. The number of benzene rings is 1. The van der Waals surface area contributed by atoms with Gasteiger partial charge in [0, 0.05) is 18.5 Å². The van der Waals surface area contributed by atoms with Crippen molar-refractivity contribution in [3.05, 3.63) is 30.1 Å². The average Bonchev–Trinajstić information content (AvgIpc) is 3.28. The smallest absolute Gasteiger partial charge is 0.230 e. The Kier molecular flexibility index (Phi) is 4.57. The minimum absolute atomic E-state index is 0.129. The van der Waals surface area contributed by atoms with Crippen LogP contribution < -0.4 is 11.1 Å². The average molecular weight is 345 g/mol. The molecule has 1 saturated carbocycles. The molecule has 1 aromatic carbocycles. The van der Waals surface area contributed by atoms with Gasteiger partial charge in [-0.05, 0) is 38.0 Å². The summed E-state index contributed by atoms with van der Waals surface area (Å²) >= 11 is 1.29. The van der Waals surface area contributed by atoms with Gasteiger partial charge in [0.2, 0.25) is 11.8 Å². The SMILES string of the molecule is CC(=O)Nc1cccc(-n2c(SC(C)C(N)=O)nnc2C2CC2)c1. The van der Waals surface area contributed by atoms with Crippen LogP contribution in [0.15, 0.2) is 29.4 Å². The number of primary amides is 1. The molecule has 1 aromatic heterocycles. The molecule has 0 aliphatic heterocycles.